The van der Waals surface area contributed by atoms with Crippen LogP contribution >= 0.6 is 11.8 Å². The Hall–Kier alpha value is -2.63. The zero-order chi connectivity index (χ0) is 22.3. The molecule has 2 aromatic heterocycles. The molecule has 0 aromatic carbocycles. The maximum Gasteiger partial charge on any atom is 0.340 e. The number of pyridine rings is 1. The van der Waals surface area contributed by atoms with Crippen molar-refractivity contribution >= 4 is 23.5 Å². The van der Waals surface area contributed by atoms with Crippen molar-refractivity contribution < 1.29 is 19.1 Å². The van der Waals surface area contributed by atoms with Crippen LogP contribution in [0.3, 0.4) is 0 Å². The first-order valence-electron chi connectivity index (χ1n) is 9.74. The maximum absolute atomic E-state index is 12.8. The highest BCUT2D eigenvalue weighted by atomic mass is 32.2. The van der Waals surface area contributed by atoms with E-state index in [4.69, 9.17) is 9.47 Å². The molecule has 30 heavy (non-hydrogen) atoms. The second kappa shape index (κ2) is 11.0. The van der Waals surface area contributed by atoms with Crippen molar-refractivity contribution in [1.82, 2.24) is 9.55 Å². The second-order valence-electron chi connectivity index (χ2n) is 6.80. The number of rotatable bonds is 10. The molecular weight excluding hydrogens is 402 g/mol. The minimum atomic E-state index is -0.507. The molecule has 8 heteroatoms. The van der Waals surface area contributed by atoms with Crippen LogP contribution in [0.15, 0.2) is 17.2 Å². The SMILES string of the molecule is CCOC(=O)c1cc(C#N)c(SCC(=O)c2cc(C)n(CCCOC)c2C)nc1C. The van der Waals surface area contributed by atoms with Crippen molar-refractivity contribution in [1.29, 1.82) is 5.26 Å². The summed E-state index contributed by atoms with van der Waals surface area (Å²) in [5, 5.41) is 9.90. The van der Waals surface area contributed by atoms with Crippen molar-refractivity contribution in [3.8, 4) is 6.07 Å². The summed E-state index contributed by atoms with van der Waals surface area (Å²) in [6.45, 7) is 9.03. The number of hydrogen-bond acceptors (Lipinski definition) is 7. The topological polar surface area (TPSA) is 94.2 Å². The monoisotopic (exact) mass is 429 g/mol. The Morgan fingerprint density at radius 2 is 1.97 bits per heavy atom. The maximum atomic E-state index is 12.8. The van der Waals surface area contributed by atoms with Crippen molar-refractivity contribution in [3.05, 3.63) is 45.9 Å². The summed E-state index contributed by atoms with van der Waals surface area (Å²) in [4.78, 5) is 29.2. The van der Waals surface area contributed by atoms with Gasteiger partial charge in [0.15, 0.2) is 5.78 Å². The number of thioether (sulfide) groups is 1. The van der Waals surface area contributed by atoms with E-state index in [-0.39, 0.29) is 29.3 Å². The Labute approximate surface area is 181 Å². The molecule has 0 fully saturated rings. The fourth-order valence-corrected chi connectivity index (χ4v) is 4.08. The van der Waals surface area contributed by atoms with Gasteiger partial charge in [0.2, 0.25) is 0 Å². The van der Waals surface area contributed by atoms with E-state index in [9.17, 15) is 14.9 Å². The molecule has 0 radical (unpaired) electrons. The molecule has 2 rings (SSSR count). The lowest BCUT2D eigenvalue weighted by molar-refractivity contribution is 0.0524. The van der Waals surface area contributed by atoms with Gasteiger partial charge in [-0.1, -0.05) is 11.8 Å². The minimum Gasteiger partial charge on any atom is -0.462 e. The van der Waals surface area contributed by atoms with Gasteiger partial charge in [0, 0.05) is 37.2 Å². The first-order chi connectivity index (χ1) is 14.3. The highest BCUT2D eigenvalue weighted by Gasteiger charge is 2.19. The van der Waals surface area contributed by atoms with Gasteiger partial charge in [-0.2, -0.15) is 5.26 Å². The number of Topliss-reactive ketones (excluding diaryl/α,β-unsaturated/α-hetero) is 1. The van der Waals surface area contributed by atoms with Gasteiger partial charge in [0.1, 0.15) is 11.1 Å². The summed E-state index contributed by atoms with van der Waals surface area (Å²) in [5.74, 6) is -0.376. The Kier molecular flexibility index (Phi) is 8.63. The van der Waals surface area contributed by atoms with Crippen LogP contribution < -0.4 is 0 Å². The molecule has 0 bridgehead atoms. The molecule has 0 N–H and O–H groups in total. The molecule has 7 nitrogen and oxygen atoms in total. The first-order valence-corrected chi connectivity index (χ1v) is 10.7. The molecule has 0 spiro atoms. The number of nitrogens with zero attached hydrogens (tertiary/aromatic N) is 3. The van der Waals surface area contributed by atoms with E-state index in [0.717, 1.165) is 24.4 Å². The van der Waals surface area contributed by atoms with E-state index >= 15 is 0 Å². The van der Waals surface area contributed by atoms with Crippen molar-refractivity contribution in [2.75, 3.05) is 26.1 Å². The smallest absolute Gasteiger partial charge is 0.340 e. The number of carbonyl (C=O) groups is 2. The molecule has 0 aliphatic rings. The minimum absolute atomic E-state index is 0.0242. The van der Waals surface area contributed by atoms with E-state index in [1.54, 1.807) is 21.0 Å². The molecule has 160 valence electrons. The molecule has 0 saturated carbocycles. The van der Waals surface area contributed by atoms with Gasteiger partial charge in [-0.05, 0) is 46.2 Å². The number of nitriles is 1. The van der Waals surface area contributed by atoms with Gasteiger partial charge < -0.3 is 14.0 Å². The average molecular weight is 430 g/mol. The lowest BCUT2D eigenvalue weighted by atomic mass is 10.1. The van der Waals surface area contributed by atoms with Crippen LogP contribution in [0.2, 0.25) is 0 Å². The fraction of sp³-hybridized carbons (Fsp3) is 0.455. The standard InChI is InChI=1S/C22H27N3O4S/c1-6-29-22(27)18-11-17(12-23)21(24-15(18)3)30-13-20(26)19-10-14(2)25(16(19)4)8-7-9-28-5/h10-11H,6-9,13H2,1-5H3. The Balaban J connectivity index is 2.17. The Morgan fingerprint density at radius 1 is 1.23 bits per heavy atom. The highest BCUT2D eigenvalue weighted by molar-refractivity contribution is 8.00. The van der Waals surface area contributed by atoms with Crippen LogP contribution in [0.4, 0.5) is 0 Å². The quantitative estimate of drug-likeness (QED) is 0.245. The largest absolute Gasteiger partial charge is 0.462 e. The second-order valence-corrected chi connectivity index (χ2v) is 7.77. The Bertz CT molecular complexity index is 976. The summed E-state index contributed by atoms with van der Waals surface area (Å²) in [5.41, 5.74) is 3.63. The van der Waals surface area contributed by atoms with Gasteiger partial charge in [0.05, 0.1) is 29.2 Å². The van der Waals surface area contributed by atoms with E-state index in [2.05, 4.69) is 15.6 Å². The third kappa shape index (κ3) is 5.49. The summed E-state index contributed by atoms with van der Waals surface area (Å²) in [6.07, 6.45) is 0.872. The summed E-state index contributed by atoms with van der Waals surface area (Å²) < 4.78 is 12.2. The van der Waals surface area contributed by atoms with E-state index in [0.29, 0.717) is 22.9 Å². The lowest BCUT2D eigenvalue weighted by Crippen LogP contribution is -2.10. The number of ketones is 1. The third-order valence-corrected chi connectivity index (χ3v) is 5.73. The normalized spacial score (nSPS) is 10.7. The molecule has 0 aliphatic carbocycles. The predicted octanol–water partition coefficient (Wildman–Crippen LogP) is 3.87. The number of hydrogen-bond donors (Lipinski definition) is 0. The third-order valence-electron chi connectivity index (χ3n) is 4.74. The number of aryl methyl sites for hydroxylation is 2. The number of esters is 1. The predicted molar refractivity (Wildman–Crippen MR) is 115 cm³/mol. The van der Waals surface area contributed by atoms with Crippen LogP contribution in [0.1, 0.15) is 56.7 Å². The highest BCUT2D eigenvalue weighted by Crippen LogP contribution is 2.25. The van der Waals surface area contributed by atoms with Gasteiger partial charge in [-0.3, -0.25) is 4.79 Å². The lowest BCUT2D eigenvalue weighted by Gasteiger charge is -2.10. The van der Waals surface area contributed by atoms with Crippen molar-refractivity contribution in [2.45, 2.75) is 45.7 Å². The van der Waals surface area contributed by atoms with Crippen LogP contribution in [0.25, 0.3) is 0 Å². The first kappa shape index (κ1) is 23.6. The van der Waals surface area contributed by atoms with E-state index < -0.39 is 5.97 Å². The number of methoxy groups -OCH3 is 1. The van der Waals surface area contributed by atoms with Crippen LogP contribution in [0.5, 0.6) is 0 Å². The van der Waals surface area contributed by atoms with E-state index in [1.807, 2.05) is 19.9 Å². The summed E-state index contributed by atoms with van der Waals surface area (Å²) in [6, 6.07) is 5.44. The number of carbonyl (C=O) groups excluding carboxylic acids is 2. The molecule has 0 atom stereocenters. The molecule has 0 aliphatic heterocycles. The molecule has 2 heterocycles. The van der Waals surface area contributed by atoms with Gasteiger partial charge in [-0.25, -0.2) is 9.78 Å². The van der Waals surface area contributed by atoms with Gasteiger partial charge in [0.25, 0.3) is 0 Å². The van der Waals surface area contributed by atoms with E-state index in [1.165, 1.54) is 17.8 Å². The molecular formula is C22H27N3O4S. The van der Waals surface area contributed by atoms with Crippen LogP contribution in [-0.2, 0) is 16.0 Å². The number of aromatic nitrogens is 2. The zero-order valence-electron chi connectivity index (χ0n) is 18.1. The molecule has 0 saturated heterocycles. The Morgan fingerprint density at radius 3 is 2.60 bits per heavy atom. The number of ether oxygens (including phenoxy) is 2. The van der Waals surface area contributed by atoms with Gasteiger partial charge in [-0.15, -0.1) is 0 Å². The average Bonchev–Trinajstić information content (AvgIpc) is 3.00. The van der Waals surface area contributed by atoms with Crippen molar-refractivity contribution in [3.63, 3.8) is 0 Å². The molecule has 0 unspecified atom stereocenters. The fourth-order valence-electron chi connectivity index (χ4n) is 3.20. The summed E-state index contributed by atoms with van der Waals surface area (Å²) >= 11 is 1.20. The van der Waals surface area contributed by atoms with Gasteiger partial charge >= 0.3 is 5.97 Å². The van der Waals surface area contributed by atoms with Crippen LogP contribution in [0, 0.1) is 32.1 Å². The zero-order valence-corrected chi connectivity index (χ0v) is 18.9. The molecule has 0 amide bonds. The summed E-state index contributed by atoms with van der Waals surface area (Å²) in [7, 11) is 1.67. The van der Waals surface area contributed by atoms with Crippen LogP contribution in [-0.4, -0.2) is 47.4 Å². The molecule has 2 aromatic rings. The van der Waals surface area contributed by atoms with Crippen molar-refractivity contribution in [2.24, 2.45) is 0 Å².